The van der Waals surface area contributed by atoms with Crippen molar-refractivity contribution in [1.29, 1.82) is 0 Å². The molecule has 2 aromatic carbocycles. The lowest BCUT2D eigenvalue weighted by atomic mass is 9.90. The van der Waals surface area contributed by atoms with E-state index in [0.29, 0.717) is 18.6 Å². The molecular formula is C22H28F3NO4S. The molecule has 2 rings (SSSR count). The van der Waals surface area contributed by atoms with Crippen LogP contribution in [0.3, 0.4) is 0 Å². The molecule has 0 bridgehead atoms. The minimum Gasteiger partial charge on any atom is -0.369 e. The van der Waals surface area contributed by atoms with Crippen LogP contribution in [0.25, 0.3) is 11.1 Å². The average Bonchev–Trinajstić information content (AvgIpc) is 2.63. The fourth-order valence-electron chi connectivity index (χ4n) is 3.00. The topological polar surface area (TPSA) is 97.5 Å². The van der Waals surface area contributed by atoms with Gasteiger partial charge >= 0.3 is 6.18 Å². The molecule has 172 valence electrons. The summed E-state index contributed by atoms with van der Waals surface area (Å²) in [5.41, 5.74) is 7.49. The number of halogens is 3. The molecule has 0 heterocycles. The van der Waals surface area contributed by atoms with Gasteiger partial charge in [-0.3, -0.25) is 9.35 Å². The Bertz CT molecular complexity index is 930. The van der Waals surface area contributed by atoms with Gasteiger partial charge in [-0.05, 0) is 54.0 Å². The molecule has 0 fully saturated rings. The fraction of sp³-hybridized carbons (Fsp3) is 0.409. The van der Waals surface area contributed by atoms with Gasteiger partial charge in [0, 0.05) is 5.92 Å². The molecule has 1 amide bonds. The summed E-state index contributed by atoms with van der Waals surface area (Å²) in [7, 11) is -3.67. The van der Waals surface area contributed by atoms with Crippen molar-refractivity contribution in [2.45, 2.75) is 39.3 Å². The van der Waals surface area contributed by atoms with E-state index in [9.17, 15) is 26.4 Å². The third-order valence-electron chi connectivity index (χ3n) is 4.44. The molecule has 0 aliphatic carbocycles. The Morgan fingerprint density at radius 3 is 1.77 bits per heavy atom. The van der Waals surface area contributed by atoms with Gasteiger partial charge in [-0.2, -0.15) is 21.6 Å². The number of primary amides is 1. The second kappa shape index (κ2) is 11.3. The Balaban J connectivity index is 0.000000861. The number of carbonyl (C=O) groups is 1. The van der Waals surface area contributed by atoms with Gasteiger partial charge in [0.2, 0.25) is 5.91 Å². The molecule has 0 aliphatic rings. The molecule has 0 radical (unpaired) electrons. The lowest BCUT2D eigenvalue weighted by molar-refractivity contribution is -0.137. The third kappa shape index (κ3) is 11.0. The summed E-state index contributed by atoms with van der Waals surface area (Å²) in [6.07, 6.45) is -1.39. The van der Waals surface area contributed by atoms with E-state index in [4.69, 9.17) is 10.3 Å². The molecule has 0 spiro atoms. The summed E-state index contributed by atoms with van der Waals surface area (Å²) in [5, 5.41) is 0. The van der Waals surface area contributed by atoms with Crippen molar-refractivity contribution < 1.29 is 30.9 Å². The van der Waals surface area contributed by atoms with Crippen LogP contribution in [-0.4, -0.2) is 25.1 Å². The molecule has 2 aromatic rings. The summed E-state index contributed by atoms with van der Waals surface area (Å²) in [6.45, 7) is 4.13. The maximum absolute atomic E-state index is 12.6. The second-order valence-corrected chi connectivity index (χ2v) is 9.24. The van der Waals surface area contributed by atoms with Gasteiger partial charge in [-0.15, -0.1) is 0 Å². The minimum absolute atomic E-state index is 0.135. The van der Waals surface area contributed by atoms with E-state index >= 15 is 0 Å². The Morgan fingerprint density at radius 2 is 1.42 bits per heavy atom. The fourth-order valence-corrected chi connectivity index (χ4v) is 3.00. The van der Waals surface area contributed by atoms with Gasteiger partial charge in [-0.25, -0.2) is 0 Å². The van der Waals surface area contributed by atoms with Crippen molar-refractivity contribution in [3.8, 4) is 11.1 Å². The zero-order chi connectivity index (χ0) is 23.8. The zero-order valence-electron chi connectivity index (χ0n) is 17.7. The van der Waals surface area contributed by atoms with E-state index in [1.165, 1.54) is 12.1 Å². The predicted molar refractivity (Wildman–Crippen MR) is 115 cm³/mol. The van der Waals surface area contributed by atoms with Crippen molar-refractivity contribution in [3.05, 3.63) is 59.7 Å². The quantitative estimate of drug-likeness (QED) is 0.572. The van der Waals surface area contributed by atoms with E-state index in [1.54, 1.807) is 0 Å². The average molecular weight is 460 g/mol. The number of rotatable bonds is 7. The van der Waals surface area contributed by atoms with Gasteiger partial charge in [-0.1, -0.05) is 50.2 Å². The van der Waals surface area contributed by atoms with Crippen molar-refractivity contribution in [2.24, 2.45) is 17.6 Å². The van der Waals surface area contributed by atoms with E-state index < -0.39 is 21.9 Å². The molecule has 0 aromatic heterocycles. The molecule has 3 N–H and O–H groups in total. The zero-order valence-corrected chi connectivity index (χ0v) is 18.5. The Labute approximate surface area is 181 Å². The van der Waals surface area contributed by atoms with Crippen molar-refractivity contribution >= 4 is 16.0 Å². The van der Waals surface area contributed by atoms with Crippen molar-refractivity contribution in [2.75, 3.05) is 6.26 Å². The van der Waals surface area contributed by atoms with Gasteiger partial charge in [0.1, 0.15) is 0 Å². The lowest BCUT2D eigenvalue weighted by Crippen LogP contribution is -2.25. The third-order valence-corrected chi connectivity index (χ3v) is 4.44. The van der Waals surface area contributed by atoms with Crippen LogP contribution in [0.1, 0.15) is 37.8 Å². The van der Waals surface area contributed by atoms with Crippen LogP contribution in [-0.2, 0) is 27.5 Å². The lowest BCUT2D eigenvalue weighted by Gasteiger charge is -2.15. The molecule has 0 saturated carbocycles. The number of carbonyl (C=O) groups excluding carboxylic acids is 1. The first-order valence-corrected chi connectivity index (χ1v) is 11.5. The first kappa shape index (κ1) is 26.6. The molecule has 31 heavy (non-hydrogen) atoms. The molecule has 1 atom stereocenters. The van der Waals surface area contributed by atoms with Crippen LogP contribution in [0.15, 0.2) is 48.5 Å². The van der Waals surface area contributed by atoms with Crippen LogP contribution in [0.4, 0.5) is 13.2 Å². The number of benzene rings is 2. The summed E-state index contributed by atoms with van der Waals surface area (Å²) in [5.74, 6) is 0.0132. The van der Waals surface area contributed by atoms with Crippen LogP contribution in [0.2, 0.25) is 0 Å². The van der Waals surface area contributed by atoms with Crippen LogP contribution < -0.4 is 5.73 Å². The largest absolute Gasteiger partial charge is 0.416 e. The van der Waals surface area contributed by atoms with Gasteiger partial charge in [0.15, 0.2) is 0 Å². The van der Waals surface area contributed by atoms with Gasteiger partial charge in [0.25, 0.3) is 10.1 Å². The summed E-state index contributed by atoms with van der Waals surface area (Å²) < 4.78 is 63.8. The highest BCUT2D eigenvalue weighted by molar-refractivity contribution is 7.85. The van der Waals surface area contributed by atoms with Crippen molar-refractivity contribution in [3.63, 3.8) is 0 Å². The number of alkyl halides is 3. The predicted octanol–water partition coefficient (Wildman–Crippen LogP) is 4.96. The molecule has 5 nitrogen and oxygen atoms in total. The van der Waals surface area contributed by atoms with Gasteiger partial charge < -0.3 is 5.73 Å². The minimum atomic E-state index is -4.32. The number of amides is 1. The first-order chi connectivity index (χ1) is 14.2. The molecule has 0 saturated heterocycles. The highest BCUT2D eigenvalue weighted by Crippen LogP contribution is 2.31. The van der Waals surface area contributed by atoms with Crippen molar-refractivity contribution in [1.82, 2.24) is 0 Å². The maximum atomic E-state index is 12.6. The number of hydrogen-bond acceptors (Lipinski definition) is 3. The van der Waals surface area contributed by atoms with E-state index in [1.807, 2.05) is 24.3 Å². The van der Waals surface area contributed by atoms with E-state index in [0.717, 1.165) is 41.7 Å². The van der Waals surface area contributed by atoms with Crippen LogP contribution in [0, 0.1) is 11.8 Å². The van der Waals surface area contributed by atoms with E-state index in [2.05, 4.69) is 13.8 Å². The number of hydrogen-bond donors (Lipinski definition) is 2. The summed E-state index contributed by atoms with van der Waals surface area (Å²) >= 11 is 0. The number of aryl methyl sites for hydroxylation is 1. The van der Waals surface area contributed by atoms with Gasteiger partial charge in [0.05, 0.1) is 11.8 Å². The molecule has 9 heteroatoms. The number of nitrogens with two attached hydrogens (primary N) is 1. The van der Waals surface area contributed by atoms with Crippen LogP contribution in [0.5, 0.6) is 0 Å². The summed E-state index contributed by atoms with van der Waals surface area (Å²) in [4.78, 5) is 11.5. The van der Waals surface area contributed by atoms with Crippen LogP contribution >= 0.6 is 0 Å². The normalized spacial score (nSPS) is 12.8. The van der Waals surface area contributed by atoms with E-state index in [-0.39, 0.29) is 11.8 Å². The highest BCUT2D eigenvalue weighted by Gasteiger charge is 2.29. The molecular weight excluding hydrogens is 431 g/mol. The summed E-state index contributed by atoms with van der Waals surface area (Å²) in [6, 6.07) is 12.8. The Hall–Kier alpha value is -2.39. The smallest absolute Gasteiger partial charge is 0.369 e. The second-order valence-electron chi connectivity index (χ2n) is 7.77. The first-order valence-electron chi connectivity index (χ1n) is 9.65. The SMILES string of the molecule is CC(C)CC(CCc1ccc(-c2ccc(C(F)(F)F)cc2)cc1)C(N)=O.CS(=O)(=O)O. The standard InChI is InChI=1S/C21H24F3NO.CH4O3S/c1-14(2)13-18(20(25)26)8-5-15-3-6-16(7-4-15)17-9-11-19(12-10-17)21(22,23)24;1-5(2,3)4/h3-4,6-7,9-12,14,18H,5,8,13H2,1-2H3,(H2,25,26);1H3,(H,2,3,4). The molecule has 0 aliphatic heterocycles. The highest BCUT2D eigenvalue weighted by atomic mass is 32.2. The Morgan fingerprint density at radius 1 is 1.00 bits per heavy atom. The molecule has 1 unspecified atom stereocenters. The Kier molecular flexibility index (Phi) is 9.71. The maximum Gasteiger partial charge on any atom is 0.416 e. The monoisotopic (exact) mass is 459 g/mol.